The molecule has 0 unspecified atom stereocenters. The van der Waals surface area contributed by atoms with Gasteiger partial charge in [0.1, 0.15) is 18.1 Å². The molecular formula is C17H18N4O2. The Morgan fingerprint density at radius 3 is 2.65 bits per heavy atom. The van der Waals surface area contributed by atoms with Crippen LogP contribution in [-0.4, -0.2) is 28.7 Å². The highest BCUT2D eigenvalue weighted by Gasteiger charge is 2.07. The molecule has 0 spiro atoms. The Morgan fingerprint density at radius 2 is 1.91 bits per heavy atom. The summed E-state index contributed by atoms with van der Waals surface area (Å²) in [7, 11) is 1.65. The second-order valence-corrected chi connectivity index (χ2v) is 4.99. The molecule has 0 atom stereocenters. The van der Waals surface area contributed by atoms with Crippen molar-refractivity contribution in [1.82, 2.24) is 15.0 Å². The van der Waals surface area contributed by atoms with Crippen molar-refractivity contribution in [2.45, 2.75) is 6.54 Å². The fourth-order valence-electron chi connectivity index (χ4n) is 2.26. The van der Waals surface area contributed by atoms with Gasteiger partial charge in [-0.1, -0.05) is 11.3 Å². The summed E-state index contributed by atoms with van der Waals surface area (Å²) in [5.41, 5.74) is 8.38. The van der Waals surface area contributed by atoms with Gasteiger partial charge in [0.25, 0.3) is 0 Å². The van der Waals surface area contributed by atoms with E-state index in [9.17, 15) is 0 Å². The van der Waals surface area contributed by atoms with Crippen molar-refractivity contribution in [1.29, 1.82) is 0 Å². The van der Waals surface area contributed by atoms with Crippen molar-refractivity contribution in [2.75, 3.05) is 19.5 Å². The number of rotatable bonds is 6. The highest BCUT2D eigenvalue weighted by Crippen LogP contribution is 2.21. The van der Waals surface area contributed by atoms with Crippen LogP contribution in [0.25, 0.3) is 11.3 Å². The SMILES string of the molecule is COc1ccc(-c2cnnn2CCOc2cccc(N)c2)cc1. The first-order valence-corrected chi connectivity index (χ1v) is 7.27. The highest BCUT2D eigenvalue weighted by molar-refractivity contribution is 5.59. The average Bonchev–Trinajstić information content (AvgIpc) is 3.03. The zero-order valence-corrected chi connectivity index (χ0v) is 12.8. The predicted octanol–water partition coefficient (Wildman–Crippen LogP) is 2.61. The number of aromatic nitrogens is 3. The monoisotopic (exact) mass is 310 g/mol. The molecule has 2 aromatic carbocycles. The van der Waals surface area contributed by atoms with E-state index in [0.29, 0.717) is 18.8 Å². The Bertz CT molecular complexity index is 768. The van der Waals surface area contributed by atoms with E-state index in [1.54, 1.807) is 19.4 Å². The van der Waals surface area contributed by atoms with Gasteiger partial charge < -0.3 is 15.2 Å². The molecule has 0 amide bonds. The van der Waals surface area contributed by atoms with E-state index in [-0.39, 0.29) is 0 Å². The molecule has 0 saturated heterocycles. The fraction of sp³-hybridized carbons (Fsp3) is 0.176. The van der Waals surface area contributed by atoms with E-state index in [2.05, 4.69) is 10.3 Å². The lowest BCUT2D eigenvalue weighted by atomic mass is 10.1. The minimum Gasteiger partial charge on any atom is -0.497 e. The minimum absolute atomic E-state index is 0.482. The quantitative estimate of drug-likeness (QED) is 0.708. The van der Waals surface area contributed by atoms with E-state index in [0.717, 1.165) is 22.8 Å². The van der Waals surface area contributed by atoms with Gasteiger partial charge in [-0.2, -0.15) is 0 Å². The van der Waals surface area contributed by atoms with Crippen molar-refractivity contribution < 1.29 is 9.47 Å². The van der Waals surface area contributed by atoms with Crippen molar-refractivity contribution in [3.8, 4) is 22.8 Å². The second kappa shape index (κ2) is 6.83. The van der Waals surface area contributed by atoms with Crippen LogP contribution in [0.2, 0.25) is 0 Å². The summed E-state index contributed by atoms with van der Waals surface area (Å²) in [6.45, 7) is 1.08. The Hall–Kier alpha value is -3.02. The number of nitrogens with two attached hydrogens (primary N) is 1. The molecule has 0 aliphatic heterocycles. The zero-order valence-electron chi connectivity index (χ0n) is 12.8. The summed E-state index contributed by atoms with van der Waals surface area (Å²) in [4.78, 5) is 0. The standard InChI is InChI=1S/C17H18N4O2/c1-22-15-7-5-13(6-8-15)17-12-19-20-21(17)9-10-23-16-4-2-3-14(18)11-16/h2-8,11-12H,9-10,18H2,1H3. The van der Waals surface area contributed by atoms with Crippen LogP contribution in [-0.2, 0) is 6.54 Å². The molecule has 0 fully saturated rings. The van der Waals surface area contributed by atoms with E-state index >= 15 is 0 Å². The third-order valence-electron chi connectivity index (χ3n) is 3.43. The Labute approximate surface area is 134 Å². The molecule has 2 N–H and O–H groups in total. The first kappa shape index (κ1) is 14.9. The van der Waals surface area contributed by atoms with Gasteiger partial charge in [0, 0.05) is 17.3 Å². The molecule has 0 saturated carbocycles. The largest absolute Gasteiger partial charge is 0.497 e. The minimum atomic E-state index is 0.482. The summed E-state index contributed by atoms with van der Waals surface area (Å²) in [5, 5.41) is 8.10. The van der Waals surface area contributed by atoms with Crippen molar-refractivity contribution in [3.05, 3.63) is 54.7 Å². The number of benzene rings is 2. The van der Waals surface area contributed by atoms with Crippen LogP contribution in [0.15, 0.2) is 54.7 Å². The Balaban J connectivity index is 1.66. The lowest BCUT2D eigenvalue weighted by Crippen LogP contribution is -2.11. The molecule has 6 heteroatoms. The van der Waals surface area contributed by atoms with Gasteiger partial charge in [0.05, 0.1) is 25.5 Å². The van der Waals surface area contributed by atoms with E-state index in [4.69, 9.17) is 15.2 Å². The molecular weight excluding hydrogens is 292 g/mol. The van der Waals surface area contributed by atoms with E-state index in [1.165, 1.54) is 0 Å². The van der Waals surface area contributed by atoms with Gasteiger partial charge in [-0.05, 0) is 36.4 Å². The van der Waals surface area contributed by atoms with Crippen molar-refractivity contribution in [2.24, 2.45) is 0 Å². The third kappa shape index (κ3) is 3.60. The molecule has 0 aliphatic carbocycles. The van der Waals surface area contributed by atoms with Crippen LogP contribution in [0.3, 0.4) is 0 Å². The van der Waals surface area contributed by atoms with Crippen LogP contribution >= 0.6 is 0 Å². The molecule has 1 aromatic heterocycles. The molecule has 6 nitrogen and oxygen atoms in total. The summed E-state index contributed by atoms with van der Waals surface area (Å²) in [6.07, 6.45) is 1.74. The van der Waals surface area contributed by atoms with Crippen molar-refractivity contribution >= 4 is 5.69 Å². The molecule has 118 valence electrons. The highest BCUT2D eigenvalue weighted by atomic mass is 16.5. The number of anilines is 1. The summed E-state index contributed by atoms with van der Waals surface area (Å²) < 4.78 is 12.7. The molecule has 3 rings (SSSR count). The van der Waals surface area contributed by atoms with Crippen LogP contribution < -0.4 is 15.2 Å². The number of methoxy groups -OCH3 is 1. The number of hydrogen-bond donors (Lipinski definition) is 1. The summed E-state index contributed by atoms with van der Waals surface area (Å²) >= 11 is 0. The van der Waals surface area contributed by atoms with Gasteiger partial charge in [-0.25, -0.2) is 4.68 Å². The third-order valence-corrected chi connectivity index (χ3v) is 3.43. The molecule has 0 radical (unpaired) electrons. The number of nitrogen functional groups attached to an aromatic ring is 1. The maximum Gasteiger partial charge on any atom is 0.121 e. The van der Waals surface area contributed by atoms with Crippen LogP contribution in [0.4, 0.5) is 5.69 Å². The number of ether oxygens (including phenoxy) is 2. The molecule has 0 bridgehead atoms. The number of nitrogens with zero attached hydrogens (tertiary/aromatic N) is 3. The lowest BCUT2D eigenvalue weighted by molar-refractivity contribution is 0.291. The summed E-state index contributed by atoms with van der Waals surface area (Å²) in [6, 6.07) is 15.1. The Kier molecular flexibility index (Phi) is 4.42. The maximum atomic E-state index is 5.73. The Morgan fingerprint density at radius 1 is 1.09 bits per heavy atom. The van der Waals surface area contributed by atoms with Crippen LogP contribution in [0.5, 0.6) is 11.5 Å². The molecule has 1 heterocycles. The molecule has 3 aromatic rings. The molecule has 0 aliphatic rings. The molecule has 23 heavy (non-hydrogen) atoms. The first-order valence-electron chi connectivity index (χ1n) is 7.27. The lowest BCUT2D eigenvalue weighted by Gasteiger charge is -2.09. The smallest absolute Gasteiger partial charge is 0.121 e. The maximum absolute atomic E-state index is 5.73. The topological polar surface area (TPSA) is 75.2 Å². The zero-order chi connectivity index (χ0) is 16.1. The van der Waals surface area contributed by atoms with Crippen LogP contribution in [0, 0.1) is 0 Å². The normalized spacial score (nSPS) is 10.5. The number of hydrogen-bond acceptors (Lipinski definition) is 5. The van der Waals surface area contributed by atoms with Crippen LogP contribution in [0.1, 0.15) is 0 Å². The van der Waals surface area contributed by atoms with Gasteiger partial charge in [-0.15, -0.1) is 5.10 Å². The average molecular weight is 310 g/mol. The van der Waals surface area contributed by atoms with Gasteiger partial charge in [0.2, 0.25) is 0 Å². The van der Waals surface area contributed by atoms with Gasteiger partial charge >= 0.3 is 0 Å². The first-order chi connectivity index (χ1) is 11.3. The van der Waals surface area contributed by atoms with Crippen molar-refractivity contribution in [3.63, 3.8) is 0 Å². The van der Waals surface area contributed by atoms with E-state index < -0.39 is 0 Å². The summed E-state index contributed by atoms with van der Waals surface area (Å²) in [5.74, 6) is 1.56. The predicted molar refractivity (Wildman–Crippen MR) is 88.4 cm³/mol. The van der Waals surface area contributed by atoms with Gasteiger partial charge in [0.15, 0.2) is 0 Å². The fourth-order valence-corrected chi connectivity index (χ4v) is 2.26. The van der Waals surface area contributed by atoms with E-state index in [1.807, 2.05) is 47.1 Å². The second-order valence-electron chi connectivity index (χ2n) is 4.99. The van der Waals surface area contributed by atoms with Gasteiger partial charge in [-0.3, -0.25) is 0 Å².